The Balaban J connectivity index is 1.67. The largest absolute Gasteiger partial charge is 0.486 e. The van der Waals surface area contributed by atoms with Crippen LogP contribution < -0.4 is 24.8 Å². The van der Waals surface area contributed by atoms with Crippen LogP contribution in [0.1, 0.15) is 15.9 Å². The van der Waals surface area contributed by atoms with Crippen LogP contribution in [0.2, 0.25) is 0 Å². The molecule has 2 aromatic carbocycles. The average molecular weight is 446 g/mol. The Bertz CT molecular complexity index is 1150. The topological polar surface area (TPSA) is 94.6 Å². The molecule has 0 radical (unpaired) electrons. The molecule has 0 unspecified atom stereocenters. The standard InChI is InChI=1S/C21H17F3N4O4/c1-25-18(29)13-4-2-3-5-15(13)32-19-14(21(22,23)24)11-26-20(28-19)27-12-6-7-16-17(10-12)31-9-8-30-16/h2-7,10-11H,8-9H2,1H3,(H,25,29)(H,26,27,28). The van der Waals surface area contributed by atoms with Gasteiger partial charge in [-0.1, -0.05) is 12.1 Å². The van der Waals surface area contributed by atoms with Crippen molar-refractivity contribution in [1.82, 2.24) is 15.3 Å². The highest BCUT2D eigenvalue weighted by Gasteiger charge is 2.37. The molecule has 0 fully saturated rings. The van der Waals surface area contributed by atoms with Gasteiger partial charge in [-0.05, 0) is 24.3 Å². The fourth-order valence-corrected chi connectivity index (χ4v) is 2.93. The summed E-state index contributed by atoms with van der Waals surface area (Å²) in [7, 11) is 1.40. The van der Waals surface area contributed by atoms with E-state index in [0.29, 0.717) is 36.6 Å². The van der Waals surface area contributed by atoms with Gasteiger partial charge in [0.05, 0.1) is 5.56 Å². The SMILES string of the molecule is CNC(=O)c1ccccc1Oc1nc(Nc2ccc3c(c2)OCCO3)ncc1C(F)(F)F. The molecule has 1 aliphatic heterocycles. The van der Waals surface area contributed by atoms with Gasteiger partial charge in [0.2, 0.25) is 11.8 Å². The first kappa shape index (κ1) is 21.2. The summed E-state index contributed by atoms with van der Waals surface area (Å²) in [5.41, 5.74) is -0.647. The number of nitrogens with zero attached hydrogens (tertiary/aromatic N) is 2. The molecular formula is C21H17F3N4O4. The van der Waals surface area contributed by atoms with Crippen molar-refractivity contribution in [2.75, 3.05) is 25.6 Å². The summed E-state index contributed by atoms with van der Waals surface area (Å²) < 4.78 is 57.0. The third-order valence-corrected chi connectivity index (χ3v) is 4.42. The highest BCUT2D eigenvalue weighted by molar-refractivity contribution is 5.96. The van der Waals surface area contributed by atoms with E-state index in [-0.39, 0.29) is 17.3 Å². The molecule has 3 aromatic rings. The molecule has 0 saturated heterocycles. The van der Waals surface area contributed by atoms with Gasteiger partial charge in [0.25, 0.3) is 5.91 Å². The number of para-hydroxylation sites is 1. The molecule has 0 spiro atoms. The highest BCUT2D eigenvalue weighted by atomic mass is 19.4. The minimum absolute atomic E-state index is 0.0584. The lowest BCUT2D eigenvalue weighted by Crippen LogP contribution is -2.19. The molecule has 166 valence electrons. The van der Waals surface area contributed by atoms with Crippen molar-refractivity contribution in [2.45, 2.75) is 6.18 Å². The van der Waals surface area contributed by atoms with E-state index in [2.05, 4.69) is 20.6 Å². The summed E-state index contributed by atoms with van der Waals surface area (Å²) in [5, 5.41) is 5.24. The lowest BCUT2D eigenvalue weighted by molar-refractivity contribution is -0.139. The Hall–Kier alpha value is -4.02. The molecular weight excluding hydrogens is 429 g/mol. The smallest absolute Gasteiger partial charge is 0.423 e. The zero-order valence-corrected chi connectivity index (χ0v) is 16.7. The summed E-state index contributed by atoms with van der Waals surface area (Å²) in [6.07, 6.45) is -4.15. The average Bonchev–Trinajstić information content (AvgIpc) is 2.78. The molecule has 11 heteroatoms. The van der Waals surface area contributed by atoms with Gasteiger partial charge in [-0.15, -0.1) is 0 Å². The molecule has 0 atom stereocenters. The van der Waals surface area contributed by atoms with E-state index in [9.17, 15) is 18.0 Å². The summed E-state index contributed by atoms with van der Waals surface area (Å²) in [6, 6.07) is 10.8. The number of fused-ring (bicyclic) bond motifs is 1. The molecule has 0 aliphatic carbocycles. The Kier molecular flexibility index (Phi) is 5.71. The van der Waals surface area contributed by atoms with Crippen LogP contribution in [-0.2, 0) is 6.18 Å². The van der Waals surface area contributed by atoms with E-state index in [0.717, 1.165) is 0 Å². The van der Waals surface area contributed by atoms with Crippen LogP contribution in [0, 0.1) is 0 Å². The quantitative estimate of drug-likeness (QED) is 0.608. The monoisotopic (exact) mass is 446 g/mol. The molecule has 4 rings (SSSR count). The fourth-order valence-electron chi connectivity index (χ4n) is 2.93. The molecule has 2 N–H and O–H groups in total. The molecule has 1 aliphatic rings. The van der Waals surface area contributed by atoms with Gasteiger partial charge in [0.15, 0.2) is 11.5 Å². The van der Waals surface area contributed by atoms with Crippen molar-refractivity contribution in [2.24, 2.45) is 0 Å². The molecule has 2 heterocycles. The van der Waals surface area contributed by atoms with Crippen molar-refractivity contribution < 1.29 is 32.2 Å². The maximum atomic E-state index is 13.5. The van der Waals surface area contributed by atoms with E-state index in [1.165, 1.54) is 25.2 Å². The fraction of sp³-hybridized carbons (Fsp3) is 0.190. The van der Waals surface area contributed by atoms with Gasteiger partial charge >= 0.3 is 6.18 Å². The predicted molar refractivity (Wildman–Crippen MR) is 108 cm³/mol. The van der Waals surface area contributed by atoms with Crippen LogP contribution in [0.3, 0.4) is 0 Å². The van der Waals surface area contributed by atoms with Gasteiger partial charge in [-0.2, -0.15) is 18.2 Å². The third kappa shape index (κ3) is 4.51. The van der Waals surface area contributed by atoms with Crippen LogP contribution in [0.5, 0.6) is 23.1 Å². The van der Waals surface area contributed by atoms with Gasteiger partial charge in [-0.25, -0.2) is 4.98 Å². The number of rotatable bonds is 5. The second-order valence-corrected chi connectivity index (χ2v) is 6.57. The van der Waals surface area contributed by atoms with Crippen LogP contribution in [0.4, 0.5) is 24.8 Å². The number of nitrogens with one attached hydrogen (secondary N) is 2. The van der Waals surface area contributed by atoms with E-state index in [1.807, 2.05) is 0 Å². The van der Waals surface area contributed by atoms with Crippen molar-refractivity contribution in [3.05, 3.63) is 59.8 Å². The number of hydrogen-bond donors (Lipinski definition) is 2. The van der Waals surface area contributed by atoms with Gasteiger partial charge in [0.1, 0.15) is 24.5 Å². The Labute approximate surface area is 180 Å². The maximum Gasteiger partial charge on any atom is 0.423 e. The molecule has 1 aromatic heterocycles. The van der Waals surface area contributed by atoms with Crippen LogP contribution in [0.25, 0.3) is 0 Å². The number of halogens is 3. The second kappa shape index (κ2) is 8.61. The highest BCUT2D eigenvalue weighted by Crippen LogP contribution is 2.38. The Morgan fingerprint density at radius 3 is 2.59 bits per heavy atom. The number of alkyl halides is 3. The lowest BCUT2D eigenvalue weighted by atomic mass is 10.2. The van der Waals surface area contributed by atoms with E-state index in [1.54, 1.807) is 24.3 Å². The maximum absolute atomic E-state index is 13.5. The summed E-state index contributed by atoms with van der Waals surface area (Å²) in [6.45, 7) is 0.815. The van der Waals surface area contributed by atoms with Crippen LogP contribution >= 0.6 is 0 Å². The number of carbonyl (C=O) groups excluding carboxylic acids is 1. The minimum atomic E-state index is -4.77. The van der Waals surface area contributed by atoms with E-state index >= 15 is 0 Å². The van der Waals surface area contributed by atoms with Gasteiger partial charge < -0.3 is 24.8 Å². The second-order valence-electron chi connectivity index (χ2n) is 6.57. The number of ether oxygens (including phenoxy) is 3. The first-order valence-electron chi connectivity index (χ1n) is 9.45. The van der Waals surface area contributed by atoms with Gasteiger partial charge in [0, 0.05) is 25.0 Å². The van der Waals surface area contributed by atoms with Crippen molar-refractivity contribution in [3.8, 4) is 23.1 Å². The Morgan fingerprint density at radius 2 is 1.84 bits per heavy atom. The summed E-state index contributed by atoms with van der Waals surface area (Å²) >= 11 is 0. The predicted octanol–water partition coefficient (Wildman–Crippen LogP) is 4.16. The zero-order valence-electron chi connectivity index (χ0n) is 16.7. The van der Waals surface area contributed by atoms with Crippen molar-refractivity contribution >= 4 is 17.5 Å². The van der Waals surface area contributed by atoms with Crippen LogP contribution in [-0.4, -0.2) is 36.1 Å². The van der Waals surface area contributed by atoms with E-state index in [4.69, 9.17) is 14.2 Å². The van der Waals surface area contributed by atoms with Crippen molar-refractivity contribution in [3.63, 3.8) is 0 Å². The van der Waals surface area contributed by atoms with Crippen molar-refractivity contribution in [1.29, 1.82) is 0 Å². The number of aromatic nitrogens is 2. The number of benzene rings is 2. The first-order valence-corrected chi connectivity index (χ1v) is 9.45. The molecule has 32 heavy (non-hydrogen) atoms. The molecule has 0 saturated carbocycles. The minimum Gasteiger partial charge on any atom is -0.486 e. The van der Waals surface area contributed by atoms with Gasteiger partial charge in [-0.3, -0.25) is 4.79 Å². The van der Waals surface area contributed by atoms with Crippen LogP contribution in [0.15, 0.2) is 48.7 Å². The number of amides is 1. The first-order chi connectivity index (χ1) is 15.3. The normalized spacial score (nSPS) is 12.8. The molecule has 8 nitrogen and oxygen atoms in total. The molecule has 1 amide bonds. The zero-order chi connectivity index (χ0) is 22.7. The van der Waals surface area contributed by atoms with E-state index < -0.39 is 23.5 Å². The summed E-state index contributed by atoms with van der Waals surface area (Å²) in [5.74, 6) is -0.431. The third-order valence-electron chi connectivity index (χ3n) is 4.42. The number of anilines is 2. The number of hydrogen-bond acceptors (Lipinski definition) is 7. The molecule has 0 bridgehead atoms. The lowest BCUT2D eigenvalue weighted by Gasteiger charge is -2.19. The summed E-state index contributed by atoms with van der Waals surface area (Å²) in [4.78, 5) is 19.7. The Morgan fingerprint density at radius 1 is 1.09 bits per heavy atom. The number of carbonyl (C=O) groups is 1.